The molecule has 2 aliphatic rings. The van der Waals surface area contributed by atoms with Crippen LogP contribution < -0.4 is 9.46 Å². The third kappa shape index (κ3) is 5.02. The largest absolute Gasteiger partial charge is 0.497 e. The number of piperidine rings is 1. The fourth-order valence-corrected chi connectivity index (χ4v) is 5.19. The lowest BCUT2D eigenvalue weighted by molar-refractivity contribution is 0.0690. The first kappa shape index (κ1) is 20.9. The summed E-state index contributed by atoms with van der Waals surface area (Å²) >= 11 is 0. The summed E-state index contributed by atoms with van der Waals surface area (Å²) in [6.07, 6.45) is 4.73. The van der Waals surface area contributed by atoms with Gasteiger partial charge in [0.1, 0.15) is 5.75 Å². The van der Waals surface area contributed by atoms with E-state index in [9.17, 15) is 13.2 Å². The van der Waals surface area contributed by atoms with E-state index in [2.05, 4.69) is 16.9 Å². The highest BCUT2D eigenvalue weighted by atomic mass is 32.2. The van der Waals surface area contributed by atoms with E-state index in [1.54, 1.807) is 19.2 Å². The second-order valence-corrected chi connectivity index (χ2v) is 9.92. The maximum absolute atomic E-state index is 12.8. The Labute approximate surface area is 178 Å². The molecule has 1 aliphatic heterocycles. The molecule has 4 rings (SSSR count). The monoisotopic (exact) mass is 428 g/mol. The van der Waals surface area contributed by atoms with Crippen molar-refractivity contribution in [2.45, 2.75) is 43.0 Å². The highest BCUT2D eigenvalue weighted by Gasteiger charge is 2.28. The molecule has 160 valence electrons. The van der Waals surface area contributed by atoms with Gasteiger partial charge in [-0.05, 0) is 80.0 Å². The Morgan fingerprint density at radius 1 is 1.00 bits per heavy atom. The van der Waals surface area contributed by atoms with Crippen molar-refractivity contribution < 1.29 is 17.9 Å². The quantitative estimate of drug-likeness (QED) is 0.735. The number of nitrogens with one attached hydrogen (secondary N) is 1. The molecule has 1 N–H and O–H groups in total. The van der Waals surface area contributed by atoms with Crippen molar-refractivity contribution in [2.24, 2.45) is 5.92 Å². The maximum atomic E-state index is 12.8. The highest BCUT2D eigenvalue weighted by Crippen LogP contribution is 2.25. The maximum Gasteiger partial charge on any atom is 0.253 e. The number of nitrogens with zero attached hydrogens (tertiary/aromatic N) is 1. The van der Waals surface area contributed by atoms with E-state index in [1.807, 2.05) is 17.0 Å². The van der Waals surface area contributed by atoms with E-state index in [-0.39, 0.29) is 16.8 Å². The van der Waals surface area contributed by atoms with Crippen LogP contribution in [0.1, 0.15) is 41.6 Å². The number of carbonyl (C=O) groups excluding carboxylic acids is 1. The van der Waals surface area contributed by atoms with Gasteiger partial charge in [0.2, 0.25) is 10.0 Å². The number of rotatable bonds is 7. The SMILES string of the molecule is COc1ccc(CC2CCN(C(=O)c3ccc(S(=O)(=O)NC4CC4)cc3)CC2)cc1. The van der Waals surface area contributed by atoms with Gasteiger partial charge in [0.05, 0.1) is 12.0 Å². The topological polar surface area (TPSA) is 75.7 Å². The zero-order valence-corrected chi connectivity index (χ0v) is 18.0. The van der Waals surface area contributed by atoms with Gasteiger partial charge in [-0.2, -0.15) is 0 Å². The summed E-state index contributed by atoms with van der Waals surface area (Å²) in [5, 5.41) is 0. The molecule has 1 aliphatic carbocycles. The van der Waals surface area contributed by atoms with E-state index in [0.29, 0.717) is 11.5 Å². The van der Waals surface area contributed by atoms with Crippen LogP contribution in [0, 0.1) is 5.92 Å². The fraction of sp³-hybridized carbons (Fsp3) is 0.435. The number of benzene rings is 2. The molecule has 2 fully saturated rings. The van der Waals surface area contributed by atoms with E-state index in [4.69, 9.17) is 4.74 Å². The van der Waals surface area contributed by atoms with Crippen LogP contribution in [-0.4, -0.2) is 45.5 Å². The normalized spacial score (nSPS) is 17.7. The number of hydrogen-bond donors (Lipinski definition) is 1. The molecule has 0 atom stereocenters. The number of hydrogen-bond acceptors (Lipinski definition) is 4. The molecule has 1 heterocycles. The second-order valence-electron chi connectivity index (χ2n) is 8.21. The van der Waals surface area contributed by atoms with Crippen LogP contribution in [0.5, 0.6) is 5.75 Å². The lowest BCUT2D eigenvalue weighted by atomic mass is 9.90. The third-order valence-corrected chi connectivity index (χ3v) is 7.43. The van der Waals surface area contributed by atoms with Crippen molar-refractivity contribution in [1.29, 1.82) is 0 Å². The van der Waals surface area contributed by atoms with Gasteiger partial charge >= 0.3 is 0 Å². The van der Waals surface area contributed by atoms with Gasteiger partial charge < -0.3 is 9.64 Å². The van der Waals surface area contributed by atoms with E-state index in [0.717, 1.165) is 50.9 Å². The van der Waals surface area contributed by atoms with Crippen LogP contribution in [0.2, 0.25) is 0 Å². The van der Waals surface area contributed by atoms with Gasteiger partial charge in [-0.3, -0.25) is 4.79 Å². The molecule has 0 unspecified atom stereocenters. The van der Waals surface area contributed by atoms with E-state index in [1.165, 1.54) is 17.7 Å². The molecule has 1 amide bonds. The second kappa shape index (κ2) is 8.78. The van der Waals surface area contributed by atoms with Crippen LogP contribution >= 0.6 is 0 Å². The summed E-state index contributed by atoms with van der Waals surface area (Å²) in [5.74, 6) is 1.39. The Morgan fingerprint density at radius 2 is 1.63 bits per heavy atom. The van der Waals surface area contributed by atoms with Crippen LogP contribution in [0.25, 0.3) is 0 Å². The highest BCUT2D eigenvalue weighted by molar-refractivity contribution is 7.89. The number of ether oxygens (including phenoxy) is 1. The molecule has 0 radical (unpaired) electrons. The van der Waals surface area contributed by atoms with Crippen LogP contribution in [0.4, 0.5) is 0 Å². The Balaban J connectivity index is 1.31. The van der Waals surface area contributed by atoms with Gasteiger partial charge in [0.15, 0.2) is 0 Å². The Hall–Kier alpha value is -2.38. The minimum absolute atomic E-state index is 0.0306. The molecule has 2 aromatic rings. The molecule has 6 nitrogen and oxygen atoms in total. The summed E-state index contributed by atoms with van der Waals surface area (Å²) in [6, 6.07) is 14.5. The predicted octanol–water partition coefficient (Wildman–Crippen LogP) is 3.23. The molecule has 0 spiro atoms. The lowest BCUT2D eigenvalue weighted by Gasteiger charge is -2.32. The van der Waals surface area contributed by atoms with Crippen LogP contribution in [-0.2, 0) is 16.4 Å². The summed E-state index contributed by atoms with van der Waals surface area (Å²) in [6.45, 7) is 1.45. The molecule has 1 saturated heterocycles. The molecular weight excluding hydrogens is 400 g/mol. The number of carbonyl (C=O) groups is 1. The average Bonchev–Trinajstić information content (AvgIpc) is 3.58. The smallest absolute Gasteiger partial charge is 0.253 e. The summed E-state index contributed by atoms with van der Waals surface area (Å²) in [7, 11) is -1.82. The molecule has 1 saturated carbocycles. The molecule has 0 bridgehead atoms. The zero-order valence-electron chi connectivity index (χ0n) is 17.2. The third-order valence-electron chi connectivity index (χ3n) is 5.90. The van der Waals surface area contributed by atoms with Gasteiger partial charge in [-0.15, -0.1) is 0 Å². The number of methoxy groups -OCH3 is 1. The average molecular weight is 429 g/mol. The fourth-order valence-electron chi connectivity index (χ4n) is 3.88. The minimum Gasteiger partial charge on any atom is -0.497 e. The van der Waals surface area contributed by atoms with Gasteiger partial charge in [-0.1, -0.05) is 12.1 Å². The molecular formula is C23H28N2O4S. The standard InChI is InChI=1S/C23H28N2O4S/c1-29-21-8-2-17(3-9-21)16-18-12-14-25(15-13-18)23(26)19-4-10-22(11-5-19)30(27,28)24-20-6-7-20/h2-5,8-11,18,20,24H,6-7,12-16H2,1H3. The summed E-state index contributed by atoms with van der Waals surface area (Å²) in [4.78, 5) is 14.9. The first-order valence-electron chi connectivity index (χ1n) is 10.5. The van der Waals surface area contributed by atoms with Gasteiger partial charge in [-0.25, -0.2) is 13.1 Å². The predicted molar refractivity (Wildman–Crippen MR) is 115 cm³/mol. The Bertz CT molecular complexity index is 975. The van der Waals surface area contributed by atoms with Gasteiger partial charge in [0, 0.05) is 24.7 Å². The number of likely N-dealkylation sites (tertiary alicyclic amines) is 1. The molecule has 30 heavy (non-hydrogen) atoms. The van der Waals surface area contributed by atoms with E-state index < -0.39 is 10.0 Å². The zero-order chi connectivity index (χ0) is 21.1. The van der Waals surface area contributed by atoms with Crippen molar-refractivity contribution in [2.75, 3.05) is 20.2 Å². The molecule has 0 aromatic heterocycles. The van der Waals surface area contributed by atoms with Crippen molar-refractivity contribution in [1.82, 2.24) is 9.62 Å². The van der Waals surface area contributed by atoms with E-state index >= 15 is 0 Å². The molecule has 7 heteroatoms. The lowest BCUT2D eigenvalue weighted by Crippen LogP contribution is -2.38. The molecule has 2 aromatic carbocycles. The van der Waals surface area contributed by atoms with Crippen molar-refractivity contribution in [3.05, 3.63) is 59.7 Å². The first-order valence-corrected chi connectivity index (χ1v) is 12.0. The van der Waals surface area contributed by atoms with Gasteiger partial charge in [0.25, 0.3) is 5.91 Å². The minimum atomic E-state index is -3.49. The summed E-state index contributed by atoms with van der Waals surface area (Å²) in [5.41, 5.74) is 1.83. The van der Waals surface area contributed by atoms with Crippen molar-refractivity contribution in [3.63, 3.8) is 0 Å². The Kier molecular flexibility index (Phi) is 6.11. The van der Waals surface area contributed by atoms with Crippen molar-refractivity contribution in [3.8, 4) is 5.75 Å². The van der Waals surface area contributed by atoms with Crippen LogP contribution in [0.3, 0.4) is 0 Å². The first-order chi connectivity index (χ1) is 14.4. The summed E-state index contributed by atoms with van der Waals surface area (Å²) < 4.78 is 32.4. The Morgan fingerprint density at radius 3 is 2.20 bits per heavy atom. The number of sulfonamides is 1. The number of amides is 1. The van der Waals surface area contributed by atoms with Crippen LogP contribution in [0.15, 0.2) is 53.4 Å². The van der Waals surface area contributed by atoms with Crippen molar-refractivity contribution >= 4 is 15.9 Å².